The zero-order valence-corrected chi connectivity index (χ0v) is 22.9. The van der Waals surface area contributed by atoms with Crippen molar-refractivity contribution in [3.63, 3.8) is 0 Å². The second-order valence-electron chi connectivity index (χ2n) is 8.96. The smallest absolute Gasteiger partial charge is 0.267 e. The van der Waals surface area contributed by atoms with E-state index in [4.69, 9.17) is 9.72 Å². The van der Waals surface area contributed by atoms with E-state index in [0.717, 1.165) is 64.0 Å². The van der Waals surface area contributed by atoms with Gasteiger partial charge in [0.15, 0.2) is 5.16 Å². The number of carbonyl (C=O) groups is 1. The van der Waals surface area contributed by atoms with Gasteiger partial charge in [-0.05, 0) is 68.5 Å². The van der Waals surface area contributed by atoms with Crippen LogP contribution >= 0.6 is 23.1 Å². The van der Waals surface area contributed by atoms with Gasteiger partial charge >= 0.3 is 0 Å². The molecule has 0 spiro atoms. The number of nitrogens with zero attached hydrogens (tertiary/aromatic N) is 3. The molecule has 1 aliphatic rings. The lowest BCUT2D eigenvalue weighted by atomic mass is 9.97. The van der Waals surface area contributed by atoms with Crippen LogP contribution < -0.4 is 15.7 Å². The average Bonchev–Trinajstić information content (AvgIpc) is 3.31. The van der Waals surface area contributed by atoms with E-state index in [1.165, 1.54) is 22.9 Å². The van der Waals surface area contributed by atoms with E-state index in [2.05, 4.69) is 10.5 Å². The maximum Gasteiger partial charge on any atom is 0.267 e. The minimum Gasteiger partial charge on any atom is -0.496 e. The molecule has 0 aliphatic heterocycles. The Kier molecular flexibility index (Phi) is 8.05. The van der Waals surface area contributed by atoms with E-state index < -0.39 is 0 Å². The number of thiophene rings is 1. The zero-order valence-electron chi connectivity index (χ0n) is 21.3. The van der Waals surface area contributed by atoms with Crippen LogP contribution in [-0.4, -0.2) is 34.5 Å². The largest absolute Gasteiger partial charge is 0.496 e. The summed E-state index contributed by atoms with van der Waals surface area (Å²) < 4.78 is 6.96. The van der Waals surface area contributed by atoms with Gasteiger partial charge in [-0.25, -0.2) is 10.4 Å². The summed E-state index contributed by atoms with van der Waals surface area (Å²) in [6.45, 7) is 2.01. The van der Waals surface area contributed by atoms with Crippen molar-refractivity contribution < 1.29 is 9.53 Å². The number of rotatable bonds is 8. The summed E-state index contributed by atoms with van der Waals surface area (Å²) >= 11 is 2.84. The number of allylic oxidation sites excluding steroid dienone is 1. The van der Waals surface area contributed by atoms with Crippen LogP contribution in [-0.2, 0) is 17.6 Å². The molecule has 0 saturated heterocycles. The molecular weight excluding hydrogens is 516 g/mol. The van der Waals surface area contributed by atoms with Crippen LogP contribution in [0.5, 0.6) is 5.75 Å². The Morgan fingerprint density at radius 1 is 1.18 bits per heavy atom. The monoisotopic (exact) mass is 544 g/mol. The number of hydrogen-bond acceptors (Lipinski definition) is 7. The predicted octanol–water partition coefficient (Wildman–Crippen LogP) is 5.55. The molecule has 194 valence electrons. The molecule has 4 aromatic rings. The van der Waals surface area contributed by atoms with Crippen molar-refractivity contribution in [1.29, 1.82) is 0 Å². The van der Waals surface area contributed by atoms with E-state index in [1.54, 1.807) is 29.1 Å². The van der Waals surface area contributed by atoms with Gasteiger partial charge in [0.25, 0.3) is 11.5 Å². The van der Waals surface area contributed by atoms with Gasteiger partial charge in [0.2, 0.25) is 0 Å². The normalized spacial score (nSPS) is 13.3. The lowest BCUT2D eigenvalue weighted by Crippen LogP contribution is -2.24. The summed E-state index contributed by atoms with van der Waals surface area (Å²) in [6, 6.07) is 15.4. The van der Waals surface area contributed by atoms with Crippen molar-refractivity contribution in [1.82, 2.24) is 15.0 Å². The summed E-state index contributed by atoms with van der Waals surface area (Å²) in [5.74, 6) is 0.545. The molecule has 2 aromatic carbocycles. The molecule has 9 heteroatoms. The number of amides is 1. The minimum absolute atomic E-state index is 0.0688. The van der Waals surface area contributed by atoms with E-state index in [9.17, 15) is 9.59 Å². The lowest BCUT2D eigenvalue weighted by molar-refractivity contribution is -0.118. The Morgan fingerprint density at radius 2 is 1.97 bits per heavy atom. The Balaban J connectivity index is 1.34. The number of carbonyl (C=O) groups excluding carboxylic acids is 1. The second kappa shape index (κ2) is 11.8. The van der Waals surface area contributed by atoms with Crippen LogP contribution in [0.3, 0.4) is 0 Å². The fraction of sp³-hybridized carbons (Fsp3) is 0.241. The Morgan fingerprint density at radius 3 is 2.79 bits per heavy atom. The summed E-state index contributed by atoms with van der Waals surface area (Å²) in [5, 5.41) is 5.23. The highest BCUT2D eigenvalue weighted by atomic mass is 32.2. The number of para-hydroxylation sites is 1. The van der Waals surface area contributed by atoms with Gasteiger partial charge in [-0.3, -0.25) is 14.2 Å². The van der Waals surface area contributed by atoms with Crippen molar-refractivity contribution in [2.24, 2.45) is 5.10 Å². The van der Waals surface area contributed by atoms with Gasteiger partial charge in [-0.2, -0.15) is 5.10 Å². The van der Waals surface area contributed by atoms with E-state index in [0.29, 0.717) is 5.16 Å². The lowest BCUT2D eigenvalue weighted by Gasteiger charge is -2.13. The van der Waals surface area contributed by atoms with E-state index in [1.807, 2.05) is 61.5 Å². The number of methoxy groups -OCH3 is 1. The Bertz CT molecular complexity index is 1590. The summed E-state index contributed by atoms with van der Waals surface area (Å²) in [4.78, 5) is 33.2. The topological polar surface area (TPSA) is 85.6 Å². The number of aryl methyl sites for hydroxylation is 3. The number of nitrogens with one attached hydrogen (secondary N) is 1. The van der Waals surface area contributed by atoms with Gasteiger partial charge < -0.3 is 4.74 Å². The third-order valence-corrected chi connectivity index (χ3v) is 8.47. The van der Waals surface area contributed by atoms with Gasteiger partial charge in [0, 0.05) is 16.7 Å². The molecule has 0 atom stereocenters. The minimum atomic E-state index is -0.285. The first-order valence-electron chi connectivity index (χ1n) is 12.4. The van der Waals surface area contributed by atoms with Crippen molar-refractivity contribution in [2.75, 3.05) is 12.9 Å². The maximum atomic E-state index is 13.8. The number of thioether (sulfide) groups is 1. The van der Waals surface area contributed by atoms with E-state index in [-0.39, 0.29) is 17.2 Å². The highest BCUT2D eigenvalue weighted by Crippen LogP contribution is 2.35. The second-order valence-corrected chi connectivity index (χ2v) is 11.0. The van der Waals surface area contributed by atoms with Crippen LogP contribution in [0, 0.1) is 6.92 Å². The molecule has 1 aliphatic carbocycles. The van der Waals surface area contributed by atoms with Gasteiger partial charge in [-0.15, -0.1) is 11.3 Å². The van der Waals surface area contributed by atoms with Crippen LogP contribution in [0.25, 0.3) is 22.0 Å². The summed E-state index contributed by atoms with van der Waals surface area (Å²) in [6.07, 6.45) is 9.24. The van der Waals surface area contributed by atoms with Crippen LogP contribution in [0.15, 0.2) is 69.7 Å². The Hall–Kier alpha value is -3.69. The third-order valence-electron chi connectivity index (χ3n) is 6.35. The number of benzene rings is 2. The quantitative estimate of drug-likeness (QED) is 0.136. The fourth-order valence-electron chi connectivity index (χ4n) is 4.47. The first-order valence-corrected chi connectivity index (χ1v) is 14.2. The standard InChI is InChI=1S/C29H28N4O3S2/c1-19-13-15-21(16-14-19)33-28(35)26-22-10-4-6-12-24(22)38-27(26)31-29(33)37-18-25(34)32-30-17-7-9-20-8-3-5-11-23(20)36-2/h3,5,7-9,11,13-17H,4,6,10,12,18H2,1-2H3,(H,32,34)/b9-7-,30-17-. The molecule has 5 rings (SSSR count). The molecule has 0 fully saturated rings. The summed E-state index contributed by atoms with van der Waals surface area (Å²) in [5.41, 5.74) is 6.39. The molecule has 0 unspecified atom stereocenters. The molecular formula is C29H28N4O3S2. The van der Waals surface area contributed by atoms with Crippen molar-refractivity contribution in [3.8, 4) is 11.4 Å². The molecule has 0 saturated carbocycles. The molecule has 38 heavy (non-hydrogen) atoms. The van der Waals surface area contributed by atoms with Crippen LogP contribution in [0.1, 0.15) is 34.4 Å². The molecule has 7 nitrogen and oxygen atoms in total. The highest BCUT2D eigenvalue weighted by Gasteiger charge is 2.23. The van der Waals surface area contributed by atoms with E-state index >= 15 is 0 Å². The molecule has 1 amide bonds. The molecule has 1 N–H and O–H groups in total. The van der Waals surface area contributed by atoms with Crippen molar-refractivity contribution in [3.05, 3.63) is 86.5 Å². The van der Waals surface area contributed by atoms with Crippen molar-refractivity contribution in [2.45, 2.75) is 37.8 Å². The van der Waals surface area contributed by atoms with Crippen LogP contribution in [0.2, 0.25) is 0 Å². The van der Waals surface area contributed by atoms with Crippen LogP contribution in [0.4, 0.5) is 0 Å². The SMILES string of the molecule is COc1ccccc1/C=C\C=N/NC(=O)CSc1nc2sc3c(c2c(=O)n1-c1ccc(C)cc1)CCCC3. The number of hydrazone groups is 1. The number of ether oxygens (including phenoxy) is 1. The predicted molar refractivity (Wildman–Crippen MR) is 156 cm³/mol. The highest BCUT2D eigenvalue weighted by molar-refractivity contribution is 7.99. The van der Waals surface area contributed by atoms with Gasteiger partial charge in [0.1, 0.15) is 10.6 Å². The number of aromatic nitrogens is 2. The zero-order chi connectivity index (χ0) is 26.5. The third kappa shape index (κ3) is 5.58. The first-order chi connectivity index (χ1) is 18.5. The average molecular weight is 545 g/mol. The van der Waals surface area contributed by atoms with Gasteiger partial charge in [-0.1, -0.05) is 47.7 Å². The molecule has 0 radical (unpaired) electrons. The Labute approximate surface area is 229 Å². The molecule has 2 heterocycles. The molecule has 0 bridgehead atoms. The maximum absolute atomic E-state index is 13.8. The van der Waals surface area contributed by atoms with Crippen molar-refractivity contribution >= 4 is 51.5 Å². The first kappa shape index (κ1) is 25.9. The van der Waals surface area contributed by atoms with Gasteiger partial charge in [0.05, 0.1) is 23.9 Å². The number of fused-ring (bicyclic) bond motifs is 3. The number of hydrogen-bond donors (Lipinski definition) is 1. The molecule has 2 aromatic heterocycles. The fourth-order valence-corrected chi connectivity index (χ4v) is 6.58. The summed E-state index contributed by atoms with van der Waals surface area (Å²) in [7, 11) is 1.62.